The number of aliphatic carboxylic acids is 1. The van der Waals surface area contributed by atoms with Crippen LogP contribution in [-0.2, 0) is 9.59 Å². The molecule has 1 N–H and O–H groups in total. The number of rotatable bonds is 6. The Morgan fingerprint density at radius 2 is 0.930 bits per heavy atom. The number of carboxylic acids is 1. The lowest BCUT2D eigenvalue weighted by Crippen LogP contribution is -2.36. The molecule has 0 radical (unpaired) electrons. The fourth-order valence-electron chi connectivity index (χ4n) is 7.73. The van der Waals surface area contributed by atoms with Gasteiger partial charge < -0.3 is 5.11 Å². The number of carboxylic acid groups (broad SMARTS) is 1. The normalized spacial score (nSPS) is 26.2. The minimum Gasteiger partial charge on any atom is -0.480 e. The van der Waals surface area contributed by atoms with Gasteiger partial charge in [0.1, 0.15) is 11.7 Å². The number of hydrogen-bond acceptors (Lipinski definition) is 2. The Morgan fingerprint density at radius 3 is 1.37 bits per heavy atom. The Bertz CT molecular complexity index is 899. The van der Waals surface area contributed by atoms with Crippen molar-refractivity contribution in [3.05, 3.63) is 46.6 Å². The second kappa shape index (κ2) is 21.7. The van der Waals surface area contributed by atoms with E-state index in [-0.39, 0.29) is 0 Å². The zero-order chi connectivity index (χ0) is 30.4. The van der Waals surface area contributed by atoms with Crippen molar-refractivity contribution in [2.45, 2.75) is 186 Å². The molecule has 3 heteroatoms. The second-order valence-electron chi connectivity index (χ2n) is 13.8. The third kappa shape index (κ3) is 12.9. The van der Waals surface area contributed by atoms with Gasteiger partial charge in [-0.05, 0) is 115 Å². The van der Waals surface area contributed by atoms with E-state index >= 15 is 0 Å². The molecule has 0 unspecified atom stereocenters. The third-order valence-corrected chi connectivity index (χ3v) is 10.4. The third-order valence-electron chi connectivity index (χ3n) is 10.4. The Labute approximate surface area is 264 Å². The smallest absolute Gasteiger partial charge is 0.318 e. The first-order valence-electron chi connectivity index (χ1n) is 18.6. The van der Waals surface area contributed by atoms with Crippen molar-refractivity contribution in [3.63, 3.8) is 0 Å². The van der Waals surface area contributed by atoms with Crippen molar-refractivity contribution in [2.75, 3.05) is 0 Å². The van der Waals surface area contributed by atoms with Crippen LogP contribution in [0.1, 0.15) is 186 Å². The van der Waals surface area contributed by atoms with Gasteiger partial charge in [0.15, 0.2) is 0 Å². The summed E-state index contributed by atoms with van der Waals surface area (Å²) >= 11 is 0. The van der Waals surface area contributed by atoms with Crippen molar-refractivity contribution in [1.82, 2.24) is 0 Å². The van der Waals surface area contributed by atoms with Crippen molar-refractivity contribution in [3.8, 4) is 0 Å². The van der Waals surface area contributed by atoms with Gasteiger partial charge in [-0.2, -0.15) is 0 Å². The maximum atomic E-state index is 13.6. The van der Waals surface area contributed by atoms with Crippen LogP contribution in [-0.4, -0.2) is 17.4 Å². The quantitative estimate of drug-likeness (QED) is 0.246. The van der Waals surface area contributed by atoms with E-state index in [4.69, 9.17) is 0 Å². The molecule has 0 saturated heterocycles. The number of carbonyl (C=O) groups is 2. The molecule has 0 fully saturated rings. The van der Waals surface area contributed by atoms with E-state index in [0.717, 1.165) is 82.5 Å². The zero-order valence-electron chi connectivity index (χ0n) is 27.7. The van der Waals surface area contributed by atoms with E-state index in [1.54, 1.807) is 0 Å². The van der Waals surface area contributed by atoms with Crippen LogP contribution in [0.3, 0.4) is 0 Å². The van der Waals surface area contributed by atoms with Crippen molar-refractivity contribution < 1.29 is 14.7 Å². The lowest BCUT2D eigenvalue weighted by atomic mass is 9.65. The minimum atomic E-state index is -0.811. The molecule has 0 aromatic carbocycles. The van der Waals surface area contributed by atoms with Crippen LogP contribution in [0, 0.1) is 5.41 Å². The number of aldehydes is 1. The molecule has 3 nitrogen and oxygen atoms in total. The van der Waals surface area contributed by atoms with Gasteiger partial charge in [0.05, 0.1) is 0 Å². The van der Waals surface area contributed by atoms with Crippen LogP contribution >= 0.6 is 0 Å². The minimum absolute atomic E-state index is 0.567. The first-order chi connectivity index (χ1) is 21.2. The largest absolute Gasteiger partial charge is 0.480 e. The molecular weight excluding hydrogens is 528 g/mol. The standard InChI is InChI=1S/C33H54O2.C7H10O/c34-32(35)33(30-24-18-12-6-2-7-13-19-25-30,31-26-20-14-8-3-9-15-21-27-31)28-29-22-16-10-4-1-5-11-17-23-29;8-6-7-4-2-1-3-5-7/h22,24,26H,1-21,23,25,27-28H2,(H,34,35);4,6H,1-3,5H2/b29-22+,30-24+,31-26+;. The molecule has 0 aliphatic heterocycles. The molecule has 0 atom stereocenters. The van der Waals surface area contributed by atoms with Crippen LogP contribution in [0.15, 0.2) is 46.6 Å². The fraction of sp³-hybridized carbons (Fsp3) is 0.750. The lowest BCUT2D eigenvalue weighted by molar-refractivity contribution is -0.144. The molecular formula is C40H64O3. The molecule has 0 spiro atoms. The molecule has 0 aromatic heterocycles. The molecule has 0 amide bonds. The summed E-state index contributed by atoms with van der Waals surface area (Å²) in [5.74, 6) is -0.567. The van der Waals surface area contributed by atoms with Gasteiger partial charge in [0, 0.05) is 0 Å². The molecule has 4 aliphatic carbocycles. The maximum Gasteiger partial charge on any atom is 0.318 e. The predicted molar refractivity (Wildman–Crippen MR) is 182 cm³/mol. The van der Waals surface area contributed by atoms with Crippen molar-refractivity contribution in [2.24, 2.45) is 5.41 Å². The summed E-state index contributed by atoms with van der Waals surface area (Å²) < 4.78 is 0. The van der Waals surface area contributed by atoms with Crippen LogP contribution in [0.5, 0.6) is 0 Å². The highest BCUT2D eigenvalue weighted by atomic mass is 16.4. The molecule has 4 aliphatic rings. The van der Waals surface area contributed by atoms with Gasteiger partial charge in [-0.1, -0.05) is 118 Å². The molecule has 43 heavy (non-hydrogen) atoms. The summed E-state index contributed by atoms with van der Waals surface area (Å²) in [5, 5.41) is 11.2. The maximum absolute atomic E-state index is 13.6. The van der Waals surface area contributed by atoms with Crippen LogP contribution in [0.2, 0.25) is 0 Å². The highest BCUT2D eigenvalue weighted by Gasteiger charge is 2.45. The van der Waals surface area contributed by atoms with E-state index in [1.165, 1.54) is 132 Å². The van der Waals surface area contributed by atoms with Crippen LogP contribution in [0.25, 0.3) is 0 Å². The lowest BCUT2D eigenvalue weighted by Gasteiger charge is -2.37. The summed E-state index contributed by atoms with van der Waals surface area (Å²) in [5.41, 5.74) is 4.14. The molecule has 0 saturated carbocycles. The average Bonchev–Trinajstić information content (AvgIpc) is 3.04. The number of allylic oxidation sites excluding steroid dienone is 6. The van der Waals surface area contributed by atoms with Crippen LogP contribution in [0.4, 0.5) is 0 Å². The summed E-state index contributed by atoms with van der Waals surface area (Å²) in [4.78, 5) is 23.7. The molecule has 242 valence electrons. The molecule has 0 aromatic rings. The highest BCUT2D eigenvalue weighted by molar-refractivity contribution is 5.83. The van der Waals surface area contributed by atoms with E-state index in [9.17, 15) is 14.7 Å². The van der Waals surface area contributed by atoms with E-state index in [2.05, 4.69) is 18.2 Å². The first-order valence-corrected chi connectivity index (χ1v) is 18.6. The summed E-state index contributed by atoms with van der Waals surface area (Å²) in [6.07, 6.45) is 44.7. The van der Waals surface area contributed by atoms with E-state index < -0.39 is 11.4 Å². The number of carbonyl (C=O) groups excluding carboxylic acids is 1. The molecule has 0 bridgehead atoms. The zero-order valence-corrected chi connectivity index (χ0v) is 27.7. The van der Waals surface area contributed by atoms with Gasteiger partial charge >= 0.3 is 5.97 Å². The Balaban J connectivity index is 0.000000546. The topological polar surface area (TPSA) is 54.4 Å². The Hall–Kier alpha value is -1.90. The molecule has 4 rings (SSSR count). The van der Waals surface area contributed by atoms with E-state index in [0.29, 0.717) is 0 Å². The number of hydrogen-bond donors (Lipinski definition) is 1. The van der Waals surface area contributed by atoms with Gasteiger partial charge in [-0.15, -0.1) is 0 Å². The second-order valence-corrected chi connectivity index (χ2v) is 13.8. The van der Waals surface area contributed by atoms with E-state index in [1.807, 2.05) is 6.08 Å². The Kier molecular flexibility index (Phi) is 18.0. The Morgan fingerprint density at radius 1 is 0.535 bits per heavy atom. The first kappa shape index (κ1) is 35.6. The van der Waals surface area contributed by atoms with Gasteiger partial charge in [0.2, 0.25) is 0 Å². The fourth-order valence-corrected chi connectivity index (χ4v) is 7.73. The monoisotopic (exact) mass is 592 g/mol. The predicted octanol–water partition coefficient (Wildman–Crippen LogP) is 12.3. The summed E-state index contributed by atoms with van der Waals surface area (Å²) in [7, 11) is 0. The van der Waals surface area contributed by atoms with Crippen molar-refractivity contribution >= 4 is 12.3 Å². The highest BCUT2D eigenvalue weighted by Crippen LogP contribution is 2.48. The SMILES string of the molecule is O=C(O)C(C/C1=C/CCCCCCCC1)(/C1=C/CCCCCCCC1)/C1=C/CCCCCCCC1.O=CC1=CCCCC1. The van der Waals surface area contributed by atoms with Crippen LogP contribution < -0.4 is 0 Å². The summed E-state index contributed by atoms with van der Waals surface area (Å²) in [6.45, 7) is 0. The van der Waals surface area contributed by atoms with Gasteiger partial charge in [0.25, 0.3) is 0 Å². The van der Waals surface area contributed by atoms with Crippen molar-refractivity contribution in [1.29, 1.82) is 0 Å². The average molecular weight is 593 g/mol. The van der Waals surface area contributed by atoms with Gasteiger partial charge in [-0.3, -0.25) is 9.59 Å². The molecule has 0 heterocycles. The van der Waals surface area contributed by atoms with Gasteiger partial charge in [-0.25, -0.2) is 0 Å². The summed E-state index contributed by atoms with van der Waals surface area (Å²) in [6, 6.07) is 0.